The predicted octanol–water partition coefficient (Wildman–Crippen LogP) is 2.26. The van der Waals surface area contributed by atoms with Gasteiger partial charge in [-0.1, -0.05) is 0 Å². The van der Waals surface area contributed by atoms with Crippen LogP contribution < -0.4 is 4.74 Å². The van der Waals surface area contributed by atoms with E-state index in [4.69, 9.17) is 25.3 Å². The minimum absolute atomic E-state index is 0.0851. The average molecular weight is 335 g/mol. The Labute approximate surface area is 127 Å². The summed E-state index contributed by atoms with van der Waals surface area (Å²) in [6, 6.07) is 3.48. The van der Waals surface area contributed by atoms with Crippen LogP contribution in [-0.4, -0.2) is 38.3 Å². The Bertz CT molecular complexity index is 642. The fraction of sp³-hybridized carbons (Fsp3) is 0.462. The van der Waals surface area contributed by atoms with Gasteiger partial charge in [-0.3, -0.25) is 0 Å². The minimum atomic E-state index is -3.98. The van der Waals surface area contributed by atoms with Crippen LogP contribution in [0, 0.1) is 0 Å². The van der Waals surface area contributed by atoms with E-state index in [0.717, 1.165) is 18.9 Å². The van der Waals surface area contributed by atoms with E-state index in [1.165, 1.54) is 12.1 Å². The van der Waals surface area contributed by atoms with Gasteiger partial charge >= 0.3 is 5.97 Å². The molecule has 2 unspecified atom stereocenters. The number of aromatic carboxylic acids is 1. The molecule has 1 aliphatic rings. The van der Waals surface area contributed by atoms with Crippen molar-refractivity contribution in [1.82, 2.24) is 0 Å². The molecular weight excluding hydrogens is 320 g/mol. The van der Waals surface area contributed by atoms with Crippen LogP contribution in [0.3, 0.4) is 0 Å². The van der Waals surface area contributed by atoms with Crippen molar-refractivity contribution in [1.29, 1.82) is 0 Å². The summed E-state index contributed by atoms with van der Waals surface area (Å²) in [5.41, 5.74) is -0.247. The lowest BCUT2D eigenvalue weighted by molar-refractivity contribution is 0.0259. The standard InChI is InChI=1S/C13H15ClO6S/c1-8-2-3-9(20-8)7-19-12-5-4-10(21(14,17)18)6-11(12)13(15)16/h4-6,8-9H,2-3,7H2,1H3,(H,15,16). The summed E-state index contributed by atoms with van der Waals surface area (Å²) in [7, 11) is 1.22. The topological polar surface area (TPSA) is 89.9 Å². The first-order chi connectivity index (χ1) is 9.77. The Morgan fingerprint density at radius 1 is 1.48 bits per heavy atom. The Hall–Kier alpha value is -1.31. The molecule has 116 valence electrons. The van der Waals surface area contributed by atoms with Crippen LogP contribution in [-0.2, 0) is 13.8 Å². The van der Waals surface area contributed by atoms with Gasteiger partial charge in [0.15, 0.2) is 0 Å². The smallest absolute Gasteiger partial charge is 0.339 e. The van der Waals surface area contributed by atoms with Crippen molar-refractivity contribution in [3.05, 3.63) is 23.8 Å². The normalized spacial score (nSPS) is 22.2. The van der Waals surface area contributed by atoms with E-state index < -0.39 is 15.0 Å². The number of ether oxygens (including phenoxy) is 2. The average Bonchev–Trinajstić information content (AvgIpc) is 2.80. The molecule has 0 bridgehead atoms. The van der Waals surface area contributed by atoms with Gasteiger partial charge in [-0.2, -0.15) is 0 Å². The van der Waals surface area contributed by atoms with E-state index in [-0.39, 0.29) is 35.0 Å². The summed E-state index contributed by atoms with van der Waals surface area (Å²) in [5, 5.41) is 9.14. The van der Waals surface area contributed by atoms with Gasteiger partial charge in [-0.15, -0.1) is 0 Å². The van der Waals surface area contributed by atoms with Crippen molar-refractivity contribution < 1.29 is 27.8 Å². The van der Waals surface area contributed by atoms with Gasteiger partial charge in [-0.25, -0.2) is 13.2 Å². The van der Waals surface area contributed by atoms with Gasteiger partial charge in [0.1, 0.15) is 17.9 Å². The van der Waals surface area contributed by atoms with Crippen molar-refractivity contribution in [2.24, 2.45) is 0 Å². The van der Waals surface area contributed by atoms with Crippen molar-refractivity contribution in [2.75, 3.05) is 6.61 Å². The van der Waals surface area contributed by atoms with Crippen molar-refractivity contribution in [2.45, 2.75) is 36.9 Å². The number of benzene rings is 1. The third-order valence-corrected chi connectivity index (χ3v) is 4.56. The molecule has 21 heavy (non-hydrogen) atoms. The first-order valence-corrected chi connectivity index (χ1v) is 8.68. The summed E-state index contributed by atoms with van der Waals surface area (Å²) < 4.78 is 33.5. The highest BCUT2D eigenvalue weighted by molar-refractivity contribution is 8.13. The highest BCUT2D eigenvalue weighted by atomic mass is 35.7. The fourth-order valence-electron chi connectivity index (χ4n) is 2.14. The van der Waals surface area contributed by atoms with Gasteiger partial charge in [0.2, 0.25) is 0 Å². The molecule has 8 heteroatoms. The zero-order valence-electron chi connectivity index (χ0n) is 11.3. The molecule has 0 aromatic heterocycles. The molecule has 1 N–H and O–H groups in total. The van der Waals surface area contributed by atoms with Crippen LogP contribution in [0.1, 0.15) is 30.1 Å². The van der Waals surface area contributed by atoms with Crippen LogP contribution in [0.25, 0.3) is 0 Å². The lowest BCUT2D eigenvalue weighted by atomic mass is 10.2. The Morgan fingerprint density at radius 2 is 2.19 bits per heavy atom. The van der Waals surface area contributed by atoms with E-state index in [0.29, 0.717) is 0 Å². The minimum Gasteiger partial charge on any atom is -0.490 e. The first-order valence-electron chi connectivity index (χ1n) is 6.37. The highest BCUT2D eigenvalue weighted by Gasteiger charge is 2.24. The zero-order valence-corrected chi connectivity index (χ0v) is 12.9. The van der Waals surface area contributed by atoms with Crippen LogP contribution in [0.2, 0.25) is 0 Å². The third kappa shape index (κ3) is 4.09. The van der Waals surface area contributed by atoms with Crippen LogP contribution in [0.4, 0.5) is 0 Å². The quantitative estimate of drug-likeness (QED) is 0.831. The second kappa shape index (κ2) is 6.21. The van der Waals surface area contributed by atoms with Gasteiger partial charge in [-0.05, 0) is 38.0 Å². The van der Waals surface area contributed by atoms with E-state index in [2.05, 4.69) is 0 Å². The summed E-state index contributed by atoms with van der Waals surface area (Å²) in [4.78, 5) is 10.9. The fourth-order valence-corrected chi connectivity index (χ4v) is 2.92. The first kappa shape index (κ1) is 16.1. The Kier molecular flexibility index (Phi) is 4.75. The lowest BCUT2D eigenvalue weighted by Crippen LogP contribution is -2.19. The number of hydrogen-bond acceptors (Lipinski definition) is 5. The predicted molar refractivity (Wildman–Crippen MR) is 75.5 cm³/mol. The summed E-state index contributed by atoms with van der Waals surface area (Å²) >= 11 is 0. The maximum absolute atomic E-state index is 11.2. The molecule has 1 aromatic rings. The molecule has 0 amide bonds. The van der Waals surface area contributed by atoms with Gasteiger partial charge in [0.25, 0.3) is 9.05 Å². The number of carboxylic acids is 1. The largest absolute Gasteiger partial charge is 0.490 e. The highest BCUT2D eigenvalue weighted by Crippen LogP contribution is 2.26. The summed E-state index contributed by atoms with van der Waals surface area (Å²) in [6.45, 7) is 2.18. The van der Waals surface area contributed by atoms with Crippen LogP contribution in [0.15, 0.2) is 23.1 Å². The molecule has 0 aliphatic carbocycles. The van der Waals surface area contributed by atoms with E-state index >= 15 is 0 Å². The molecule has 1 aliphatic heterocycles. The summed E-state index contributed by atoms with van der Waals surface area (Å²) in [5.74, 6) is -1.19. The van der Waals surface area contributed by atoms with Gasteiger partial charge in [0, 0.05) is 10.7 Å². The molecule has 1 heterocycles. The van der Waals surface area contributed by atoms with E-state index in [1.807, 2.05) is 6.92 Å². The number of carbonyl (C=O) groups is 1. The molecule has 6 nitrogen and oxygen atoms in total. The number of hydrogen-bond donors (Lipinski definition) is 1. The second-order valence-corrected chi connectivity index (χ2v) is 7.42. The van der Waals surface area contributed by atoms with Crippen molar-refractivity contribution in [3.63, 3.8) is 0 Å². The second-order valence-electron chi connectivity index (χ2n) is 4.86. The van der Waals surface area contributed by atoms with Crippen LogP contribution >= 0.6 is 10.7 Å². The van der Waals surface area contributed by atoms with Crippen molar-refractivity contribution >= 4 is 25.7 Å². The van der Waals surface area contributed by atoms with Crippen molar-refractivity contribution in [3.8, 4) is 5.75 Å². The molecule has 1 aromatic carbocycles. The molecule has 1 saturated heterocycles. The number of halogens is 1. The van der Waals surface area contributed by atoms with E-state index in [9.17, 15) is 13.2 Å². The molecule has 1 fully saturated rings. The van der Waals surface area contributed by atoms with Gasteiger partial charge < -0.3 is 14.6 Å². The molecule has 0 saturated carbocycles. The van der Waals surface area contributed by atoms with E-state index in [1.54, 1.807) is 0 Å². The number of rotatable bonds is 5. The monoisotopic (exact) mass is 334 g/mol. The zero-order chi connectivity index (χ0) is 15.6. The molecule has 2 atom stereocenters. The molecule has 0 radical (unpaired) electrons. The number of carboxylic acid groups (broad SMARTS) is 1. The van der Waals surface area contributed by atoms with Gasteiger partial charge in [0.05, 0.1) is 17.1 Å². The summed E-state index contributed by atoms with van der Waals surface area (Å²) in [6.07, 6.45) is 1.86. The Balaban J connectivity index is 2.17. The molecular formula is C13H15ClO6S. The maximum Gasteiger partial charge on any atom is 0.339 e. The molecule has 2 rings (SSSR count). The van der Waals surface area contributed by atoms with Crippen LogP contribution in [0.5, 0.6) is 5.75 Å². The molecule has 0 spiro atoms. The third-order valence-electron chi connectivity index (χ3n) is 3.21. The lowest BCUT2D eigenvalue weighted by Gasteiger charge is -2.14. The maximum atomic E-state index is 11.2. The Morgan fingerprint density at radius 3 is 2.71 bits per heavy atom. The SMILES string of the molecule is CC1CCC(COc2ccc(S(=O)(=O)Cl)cc2C(=O)O)O1.